The van der Waals surface area contributed by atoms with Crippen molar-refractivity contribution >= 4 is 0 Å². The van der Waals surface area contributed by atoms with Crippen LogP contribution in [0.25, 0.3) is 11.1 Å². The summed E-state index contributed by atoms with van der Waals surface area (Å²) in [6.07, 6.45) is 17.2. The Morgan fingerprint density at radius 1 is 0.643 bits per heavy atom. The summed E-state index contributed by atoms with van der Waals surface area (Å²) in [5, 5.41) is 0. The van der Waals surface area contributed by atoms with Crippen LogP contribution in [0.5, 0.6) is 0 Å². The van der Waals surface area contributed by atoms with Crippen LogP contribution in [0.15, 0.2) is 48.5 Å². The third-order valence-corrected chi connectivity index (χ3v) is 6.83. The first kappa shape index (κ1) is 21.2. The van der Waals surface area contributed by atoms with E-state index in [1.165, 1.54) is 93.7 Å². The fourth-order valence-electron chi connectivity index (χ4n) is 4.87. The zero-order valence-corrected chi connectivity index (χ0v) is 18.3. The van der Waals surface area contributed by atoms with Crippen LogP contribution in [0.1, 0.15) is 101 Å². The summed E-state index contributed by atoms with van der Waals surface area (Å²) < 4.78 is 0. The van der Waals surface area contributed by atoms with Gasteiger partial charge in [0.2, 0.25) is 0 Å². The Kier molecular flexibility index (Phi) is 8.65. The van der Waals surface area contributed by atoms with Crippen LogP contribution in [0, 0.1) is 12.8 Å². The van der Waals surface area contributed by atoms with Crippen LogP contribution < -0.4 is 0 Å². The molecule has 0 N–H and O–H groups in total. The first-order valence-corrected chi connectivity index (χ1v) is 11.9. The van der Waals surface area contributed by atoms with Crippen molar-refractivity contribution in [2.45, 2.75) is 96.8 Å². The standard InChI is InChI=1S/C28H40/c1-3-4-5-6-7-8-9-10-24-13-17-26(18-14-24)28-21-19-27(20-22-28)25-15-11-23(2)12-16-25/h11-12,15-16,19-22,24,26H,3-10,13-14,17-18H2,1-2H3. The minimum Gasteiger partial charge on any atom is -0.0654 e. The van der Waals surface area contributed by atoms with Crippen molar-refractivity contribution in [1.82, 2.24) is 0 Å². The maximum absolute atomic E-state index is 2.39. The molecule has 0 heteroatoms. The van der Waals surface area contributed by atoms with Crippen LogP contribution in [-0.2, 0) is 0 Å². The Hall–Kier alpha value is -1.56. The Morgan fingerprint density at radius 2 is 1.18 bits per heavy atom. The normalized spacial score (nSPS) is 19.6. The molecular weight excluding hydrogens is 336 g/mol. The molecule has 0 aromatic heterocycles. The first-order chi connectivity index (χ1) is 13.8. The maximum atomic E-state index is 2.39. The smallest absolute Gasteiger partial charge is 0.0162 e. The van der Waals surface area contributed by atoms with Gasteiger partial charge in [0, 0.05) is 0 Å². The lowest BCUT2D eigenvalue weighted by molar-refractivity contribution is 0.302. The van der Waals surface area contributed by atoms with Gasteiger partial charge in [-0.2, -0.15) is 0 Å². The molecule has 1 aliphatic rings. The number of unbranched alkanes of at least 4 members (excludes halogenated alkanes) is 6. The molecule has 3 rings (SSSR count). The summed E-state index contributed by atoms with van der Waals surface area (Å²) in [6.45, 7) is 4.45. The number of benzene rings is 2. The molecule has 0 spiro atoms. The molecule has 0 saturated heterocycles. The molecule has 0 radical (unpaired) electrons. The molecule has 0 amide bonds. The molecule has 1 fully saturated rings. The molecule has 0 nitrogen and oxygen atoms in total. The third-order valence-electron chi connectivity index (χ3n) is 6.83. The number of aryl methyl sites for hydroxylation is 1. The second-order valence-corrected chi connectivity index (χ2v) is 9.12. The Labute approximate surface area is 173 Å². The maximum Gasteiger partial charge on any atom is -0.0162 e. The van der Waals surface area contributed by atoms with Gasteiger partial charge in [0.25, 0.3) is 0 Å². The van der Waals surface area contributed by atoms with Crippen LogP contribution in [0.3, 0.4) is 0 Å². The zero-order chi connectivity index (χ0) is 19.6. The molecule has 0 aliphatic heterocycles. The van der Waals surface area contributed by atoms with Crippen LogP contribution >= 0.6 is 0 Å². The summed E-state index contributed by atoms with van der Waals surface area (Å²) >= 11 is 0. The average molecular weight is 377 g/mol. The van der Waals surface area contributed by atoms with Crippen molar-refractivity contribution in [1.29, 1.82) is 0 Å². The summed E-state index contributed by atoms with van der Waals surface area (Å²) in [6, 6.07) is 18.3. The topological polar surface area (TPSA) is 0 Å². The molecule has 2 aromatic carbocycles. The van der Waals surface area contributed by atoms with E-state index in [2.05, 4.69) is 62.4 Å². The highest BCUT2D eigenvalue weighted by atomic mass is 14.3. The second kappa shape index (κ2) is 11.4. The fraction of sp³-hybridized carbons (Fsp3) is 0.571. The van der Waals surface area contributed by atoms with Crippen molar-refractivity contribution in [2.75, 3.05) is 0 Å². The van der Waals surface area contributed by atoms with E-state index in [0.29, 0.717) is 0 Å². The predicted octanol–water partition coefficient (Wildman–Crippen LogP) is 9.08. The van der Waals surface area contributed by atoms with Crippen LogP contribution in [0.2, 0.25) is 0 Å². The Bertz CT molecular complexity index is 656. The van der Waals surface area contributed by atoms with E-state index in [9.17, 15) is 0 Å². The number of rotatable bonds is 10. The third kappa shape index (κ3) is 6.50. The largest absolute Gasteiger partial charge is 0.0654 e. The monoisotopic (exact) mass is 376 g/mol. The molecular formula is C28H40. The highest BCUT2D eigenvalue weighted by molar-refractivity contribution is 5.64. The summed E-state index contributed by atoms with van der Waals surface area (Å²) in [5.41, 5.74) is 5.56. The molecule has 1 aliphatic carbocycles. The van der Waals surface area contributed by atoms with Gasteiger partial charge in [-0.05, 0) is 61.1 Å². The molecule has 0 unspecified atom stereocenters. The second-order valence-electron chi connectivity index (χ2n) is 9.12. The van der Waals surface area contributed by atoms with Gasteiger partial charge in [-0.25, -0.2) is 0 Å². The van der Waals surface area contributed by atoms with E-state index in [4.69, 9.17) is 0 Å². The van der Waals surface area contributed by atoms with Gasteiger partial charge in [0.05, 0.1) is 0 Å². The van der Waals surface area contributed by atoms with E-state index in [1.54, 1.807) is 5.56 Å². The molecule has 0 bridgehead atoms. The predicted molar refractivity (Wildman–Crippen MR) is 124 cm³/mol. The zero-order valence-electron chi connectivity index (χ0n) is 18.3. The van der Waals surface area contributed by atoms with Gasteiger partial charge in [0.15, 0.2) is 0 Å². The van der Waals surface area contributed by atoms with E-state index < -0.39 is 0 Å². The van der Waals surface area contributed by atoms with Gasteiger partial charge < -0.3 is 0 Å². The summed E-state index contributed by atoms with van der Waals surface area (Å²) in [5.74, 6) is 1.79. The lowest BCUT2D eigenvalue weighted by Gasteiger charge is -2.29. The Balaban J connectivity index is 1.38. The molecule has 152 valence electrons. The Morgan fingerprint density at radius 3 is 1.79 bits per heavy atom. The van der Waals surface area contributed by atoms with Crippen molar-refractivity contribution in [3.63, 3.8) is 0 Å². The van der Waals surface area contributed by atoms with Crippen LogP contribution in [-0.4, -0.2) is 0 Å². The molecule has 0 atom stereocenters. The lowest BCUT2D eigenvalue weighted by atomic mass is 9.77. The van der Waals surface area contributed by atoms with Gasteiger partial charge >= 0.3 is 0 Å². The number of hydrogen-bond acceptors (Lipinski definition) is 0. The minimum atomic E-state index is 0.789. The van der Waals surface area contributed by atoms with E-state index in [1.807, 2.05) is 0 Å². The van der Waals surface area contributed by atoms with Gasteiger partial charge in [0.1, 0.15) is 0 Å². The van der Waals surface area contributed by atoms with Crippen molar-refractivity contribution < 1.29 is 0 Å². The average Bonchev–Trinajstić information content (AvgIpc) is 2.74. The lowest BCUT2D eigenvalue weighted by Crippen LogP contribution is -2.13. The highest BCUT2D eigenvalue weighted by Crippen LogP contribution is 2.38. The van der Waals surface area contributed by atoms with Gasteiger partial charge in [-0.1, -0.05) is 112 Å². The summed E-state index contributed by atoms with van der Waals surface area (Å²) in [4.78, 5) is 0. The SMILES string of the molecule is CCCCCCCCCC1CCC(c2ccc(-c3ccc(C)cc3)cc2)CC1. The number of hydrogen-bond donors (Lipinski definition) is 0. The van der Waals surface area contributed by atoms with Gasteiger partial charge in [-0.3, -0.25) is 0 Å². The molecule has 0 heterocycles. The van der Waals surface area contributed by atoms with Gasteiger partial charge in [-0.15, -0.1) is 0 Å². The van der Waals surface area contributed by atoms with E-state index >= 15 is 0 Å². The molecule has 28 heavy (non-hydrogen) atoms. The minimum absolute atomic E-state index is 0.789. The first-order valence-electron chi connectivity index (χ1n) is 11.9. The van der Waals surface area contributed by atoms with E-state index in [-0.39, 0.29) is 0 Å². The fourth-order valence-corrected chi connectivity index (χ4v) is 4.87. The van der Waals surface area contributed by atoms with E-state index in [0.717, 1.165) is 11.8 Å². The molecule has 2 aromatic rings. The van der Waals surface area contributed by atoms with Crippen molar-refractivity contribution in [2.24, 2.45) is 5.92 Å². The highest BCUT2D eigenvalue weighted by Gasteiger charge is 2.22. The quantitative estimate of drug-likeness (QED) is 0.363. The summed E-state index contributed by atoms with van der Waals surface area (Å²) in [7, 11) is 0. The van der Waals surface area contributed by atoms with Crippen LogP contribution in [0.4, 0.5) is 0 Å². The van der Waals surface area contributed by atoms with Crippen molar-refractivity contribution in [3.8, 4) is 11.1 Å². The van der Waals surface area contributed by atoms with Crippen molar-refractivity contribution in [3.05, 3.63) is 59.7 Å². The molecule has 1 saturated carbocycles.